The fourth-order valence-corrected chi connectivity index (χ4v) is 2.69. The Morgan fingerprint density at radius 2 is 2.13 bits per heavy atom. The van der Waals surface area contributed by atoms with Gasteiger partial charge in [0.15, 0.2) is 6.29 Å². The van der Waals surface area contributed by atoms with Crippen LogP contribution in [0.2, 0.25) is 0 Å². The van der Waals surface area contributed by atoms with E-state index in [4.69, 9.17) is 9.84 Å². The van der Waals surface area contributed by atoms with Crippen molar-refractivity contribution in [1.29, 1.82) is 0 Å². The quantitative estimate of drug-likeness (QED) is 0.396. The highest BCUT2D eigenvalue weighted by molar-refractivity contribution is 5.10. The van der Waals surface area contributed by atoms with Crippen molar-refractivity contribution in [2.75, 3.05) is 13.2 Å². The number of aliphatic hydroxyl groups is 2. The Balaban J connectivity index is 1.68. The third-order valence-corrected chi connectivity index (χ3v) is 3.54. The van der Waals surface area contributed by atoms with Crippen LogP contribution in [0.4, 0.5) is 0 Å². The average molecular weight is 212 g/mol. The van der Waals surface area contributed by atoms with Crippen LogP contribution in [-0.4, -0.2) is 29.7 Å². The van der Waals surface area contributed by atoms with E-state index in [0.29, 0.717) is 24.4 Å². The molecule has 4 atom stereocenters. The number of ether oxygens (including phenoxy) is 1. The molecule has 1 saturated carbocycles. The van der Waals surface area contributed by atoms with Crippen molar-refractivity contribution in [2.45, 2.75) is 32.0 Å². The summed E-state index contributed by atoms with van der Waals surface area (Å²) in [6, 6.07) is 0. The minimum Gasteiger partial charge on any atom is -0.396 e. The molecule has 3 nitrogen and oxygen atoms in total. The topological polar surface area (TPSA) is 49.7 Å². The average Bonchev–Trinajstić information content (AvgIpc) is 2.85. The maximum absolute atomic E-state index is 9.85. The second-order valence-corrected chi connectivity index (χ2v) is 4.64. The monoisotopic (exact) mass is 212 g/mol. The number of unbranched alkanes of at least 4 members (excludes halogenated alkanes) is 1. The van der Waals surface area contributed by atoms with Crippen LogP contribution in [0.3, 0.4) is 0 Å². The van der Waals surface area contributed by atoms with Crippen LogP contribution in [0.15, 0.2) is 12.2 Å². The molecule has 0 aromatic heterocycles. The summed E-state index contributed by atoms with van der Waals surface area (Å²) in [6.45, 7) is 0.760. The first-order valence-electron chi connectivity index (χ1n) is 5.90. The highest BCUT2D eigenvalue weighted by Crippen LogP contribution is 2.45. The summed E-state index contributed by atoms with van der Waals surface area (Å²) >= 11 is 0. The van der Waals surface area contributed by atoms with Gasteiger partial charge in [0.05, 0.1) is 0 Å². The highest BCUT2D eigenvalue weighted by atomic mass is 16.6. The molecule has 0 amide bonds. The van der Waals surface area contributed by atoms with E-state index < -0.39 is 6.29 Å². The first-order chi connectivity index (χ1) is 7.31. The van der Waals surface area contributed by atoms with Gasteiger partial charge in [-0.05, 0) is 37.5 Å². The van der Waals surface area contributed by atoms with Gasteiger partial charge >= 0.3 is 0 Å². The van der Waals surface area contributed by atoms with E-state index in [9.17, 15) is 5.11 Å². The summed E-state index contributed by atoms with van der Waals surface area (Å²) < 4.78 is 5.39. The molecule has 2 rings (SSSR count). The first-order valence-corrected chi connectivity index (χ1v) is 5.90. The minimum atomic E-state index is -0.608. The van der Waals surface area contributed by atoms with Crippen molar-refractivity contribution in [3.8, 4) is 0 Å². The van der Waals surface area contributed by atoms with Gasteiger partial charge in [0, 0.05) is 19.1 Å². The second kappa shape index (κ2) is 5.10. The molecule has 2 aliphatic carbocycles. The Bertz CT molecular complexity index is 227. The lowest BCUT2D eigenvalue weighted by atomic mass is 9.93. The van der Waals surface area contributed by atoms with Crippen LogP contribution in [0.25, 0.3) is 0 Å². The van der Waals surface area contributed by atoms with Crippen molar-refractivity contribution in [3.05, 3.63) is 12.2 Å². The lowest BCUT2D eigenvalue weighted by Gasteiger charge is -2.24. The lowest BCUT2D eigenvalue weighted by Crippen LogP contribution is -2.27. The molecule has 2 N–H and O–H groups in total. The fraction of sp³-hybridized carbons (Fsp3) is 0.833. The summed E-state index contributed by atoms with van der Waals surface area (Å²) in [6.07, 6.45) is 7.72. The van der Waals surface area contributed by atoms with Crippen molar-refractivity contribution < 1.29 is 14.9 Å². The van der Waals surface area contributed by atoms with Gasteiger partial charge in [-0.2, -0.15) is 0 Å². The zero-order valence-electron chi connectivity index (χ0n) is 9.01. The summed E-state index contributed by atoms with van der Waals surface area (Å²) in [7, 11) is 0. The highest BCUT2D eigenvalue weighted by Gasteiger charge is 2.39. The molecule has 0 spiro atoms. The van der Waals surface area contributed by atoms with Crippen LogP contribution >= 0.6 is 0 Å². The molecular formula is C12H20O3. The lowest BCUT2D eigenvalue weighted by molar-refractivity contribution is -0.140. The predicted molar refractivity (Wildman–Crippen MR) is 57.1 cm³/mol. The Kier molecular flexibility index (Phi) is 3.78. The van der Waals surface area contributed by atoms with E-state index in [1.165, 1.54) is 6.42 Å². The molecule has 0 aromatic carbocycles. The fourth-order valence-electron chi connectivity index (χ4n) is 2.69. The van der Waals surface area contributed by atoms with Gasteiger partial charge in [-0.3, -0.25) is 0 Å². The summed E-state index contributed by atoms with van der Waals surface area (Å²) in [5.41, 5.74) is 0. The van der Waals surface area contributed by atoms with Crippen molar-refractivity contribution in [1.82, 2.24) is 0 Å². The molecule has 15 heavy (non-hydrogen) atoms. The van der Waals surface area contributed by atoms with Crippen LogP contribution in [-0.2, 0) is 4.74 Å². The molecule has 0 radical (unpaired) electrons. The molecule has 0 aromatic rings. The SMILES string of the molecule is OCCCCOC(O)C1CC2C=CC1C2. The number of aliphatic hydroxyl groups excluding tert-OH is 2. The molecule has 1 fully saturated rings. The molecule has 0 heterocycles. The van der Waals surface area contributed by atoms with Gasteiger partial charge in [-0.1, -0.05) is 12.2 Å². The molecule has 3 heteroatoms. The van der Waals surface area contributed by atoms with Crippen LogP contribution in [0.5, 0.6) is 0 Å². The number of hydrogen-bond donors (Lipinski definition) is 2. The second-order valence-electron chi connectivity index (χ2n) is 4.64. The van der Waals surface area contributed by atoms with Gasteiger partial charge in [0.25, 0.3) is 0 Å². The largest absolute Gasteiger partial charge is 0.396 e. The van der Waals surface area contributed by atoms with Gasteiger partial charge in [0.1, 0.15) is 0 Å². The minimum absolute atomic E-state index is 0.205. The number of allylic oxidation sites excluding steroid dienone is 2. The zero-order valence-corrected chi connectivity index (χ0v) is 9.01. The van der Waals surface area contributed by atoms with Crippen LogP contribution in [0, 0.1) is 17.8 Å². The van der Waals surface area contributed by atoms with E-state index in [1.807, 2.05) is 0 Å². The normalized spacial score (nSPS) is 34.9. The van der Waals surface area contributed by atoms with E-state index >= 15 is 0 Å². The molecule has 2 bridgehead atoms. The Labute approximate surface area is 90.8 Å². The van der Waals surface area contributed by atoms with E-state index in [2.05, 4.69) is 12.2 Å². The molecule has 86 valence electrons. The maximum atomic E-state index is 9.85. The Morgan fingerprint density at radius 1 is 1.27 bits per heavy atom. The third-order valence-electron chi connectivity index (χ3n) is 3.54. The molecule has 0 saturated heterocycles. The Morgan fingerprint density at radius 3 is 2.73 bits per heavy atom. The summed E-state index contributed by atoms with van der Waals surface area (Å²) in [5.74, 6) is 1.51. The van der Waals surface area contributed by atoms with Crippen molar-refractivity contribution in [2.24, 2.45) is 17.8 Å². The number of rotatable bonds is 6. The molecule has 2 aliphatic rings. The summed E-state index contributed by atoms with van der Waals surface area (Å²) in [5, 5.41) is 18.5. The maximum Gasteiger partial charge on any atom is 0.157 e. The molecule has 0 aliphatic heterocycles. The van der Waals surface area contributed by atoms with Crippen molar-refractivity contribution >= 4 is 0 Å². The molecule has 4 unspecified atom stereocenters. The standard InChI is InChI=1S/C12H20O3/c13-5-1-2-6-15-12(14)11-8-9-3-4-10(11)7-9/h3-4,9-14H,1-2,5-8H2. The number of fused-ring (bicyclic) bond motifs is 2. The van der Waals surface area contributed by atoms with Gasteiger partial charge in [-0.25, -0.2) is 0 Å². The van der Waals surface area contributed by atoms with E-state index in [0.717, 1.165) is 19.3 Å². The van der Waals surface area contributed by atoms with E-state index in [-0.39, 0.29) is 6.61 Å². The zero-order chi connectivity index (χ0) is 10.7. The smallest absolute Gasteiger partial charge is 0.157 e. The van der Waals surface area contributed by atoms with E-state index in [1.54, 1.807) is 0 Å². The molecular weight excluding hydrogens is 192 g/mol. The van der Waals surface area contributed by atoms with Gasteiger partial charge in [-0.15, -0.1) is 0 Å². The van der Waals surface area contributed by atoms with Gasteiger partial charge in [0.2, 0.25) is 0 Å². The van der Waals surface area contributed by atoms with Crippen molar-refractivity contribution in [3.63, 3.8) is 0 Å². The third kappa shape index (κ3) is 2.60. The number of hydrogen-bond acceptors (Lipinski definition) is 3. The van der Waals surface area contributed by atoms with Gasteiger partial charge < -0.3 is 14.9 Å². The van der Waals surface area contributed by atoms with Crippen LogP contribution < -0.4 is 0 Å². The summed E-state index contributed by atoms with van der Waals surface area (Å²) in [4.78, 5) is 0. The van der Waals surface area contributed by atoms with Crippen LogP contribution in [0.1, 0.15) is 25.7 Å². The predicted octanol–water partition coefficient (Wildman–Crippen LogP) is 1.31. The Hall–Kier alpha value is -0.380. The first kappa shape index (κ1) is 11.1.